The van der Waals surface area contributed by atoms with Crippen LogP contribution in [0, 0.1) is 10.1 Å². The Labute approximate surface area is 101 Å². The van der Waals surface area contributed by atoms with Crippen LogP contribution in [0.15, 0.2) is 24.5 Å². The highest BCUT2D eigenvalue weighted by Crippen LogP contribution is 2.26. The van der Waals surface area contributed by atoms with Crippen molar-refractivity contribution in [2.24, 2.45) is 0 Å². The summed E-state index contributed by atoms with van der Waals surface area (Å²) < 4.78 is 5.25. The molecule has 1 aromatic carbocycles. The minimum atomic E-state index is -0.577. The van der Waals surface area contributed by atoms with Gasteiger partial charge in [-0.15, -0.1) is 0 Å². The largest absolute Gasteiger partial charge is 0.458 e. The highest BCUT2D eigenvalue weighted by molar-refractivity contribution is 6.19. The average molecular weight is 254 g/mol. The molecule has 1 aromatic heterocycles. The Morgan fingerprint density at radius 3 is 2.88 bits per heavy atom. The average Bonchev–Trinajstić information content (AvgIpc) is 2.28. The molecule has 1 unspecified atom stereocenters. The third-order valence-corrected chi connectivity index (χ3v) is 2.16. The van der Waals surface area contributed by atoms with Gasteiger partial charge >= 0.3 is 0 Å². The lowest BCUT2D eigenvalue weighted by Crippen LogP contribution is -2.04. The Kier molecular flexibility index (Phi) is 3.06. The minimum absolute atomic E-state index is 0.0422. The Balaban J connectivity index is 2.59. The molecule has 6 nitrogen and oxygen atoms in total. The molecular formula is C10H8ClN3O3. The quantitative estimate of drug-likeness (QED) is 0.477. The Bertz CT molecular complexity index is 574. The van der Waals surface area contributed by atoms with E-state index in [2.05, 4.69) is 9.97 Å². The fraction of sp³-hybridized carbons (Fsp3) is 0.200. The number of hydrogen-bond donors (Lipinski definition) is 0. The first-order valence-corrected chi connectivity index (χ1v) is 5.21. The number of ether oxygens (including phenoxy) is 1. The number of non-ortho nitro benzene ring substituents is 1. The summed E-state index contributed by atoms with van der Waals surface area (Å²) in [7, 11) is 0. The number of benzene rings is 1. The number of hydrogen-bond acceptors (Lipinski definition) is 5. The number of nitrogens with zero attached hydrogens (tertiary/aromatic N) is 3. The van der Waals surface area contributed by atoms with Gasteiger partial charge in [-0.3, -0.25) is 10.1 Å². The summed E-state index contributed by atoms with van der Waals surface area (Å²) in [6.07, 6.45) is 1.32. The van der Waals surface area contributed by atoms with E-state index >= 15 is 0 Å². The van der Waals surface area contributed by atoms with Gasteiger partial charge in [-0.2, -0.15) is 0 Å². The second kappa shape index (κ2) is 4.50. The first-order chi connectivity index (χ1) is 8.08. The Morgan fingerprint density at radius 1 is 1.47 bits per heavy atom. The highest BCUT2D eigenvalue weighted by Gasteiger charge is 2.12. The molecule has 2 rings (SSSR count). The molecule has 0 aliphatic carbocycles. The van der Waals surface area contributed by atoms with Crippen molar-refractivity contribution in [3.8, 4) is 5.88 Å². The van der Waals surface area contributed by atoms with Gasteiger partial charge in [-0.1, -0.05) is 11.6 Å². The van der Waals surface area contributed by atoms with E-state index < -0.39 is 10.5 Å². The summed E-state index contributed by atoms with van der Waals surface area (Å²) in [6.45, 7) is 1.63. The molecule has 0 aliphatic rings. The monoisotopic (exact) mass is 253 g/mol. The van der Waals surface area contributed by atoms with Crippen molar-refractivity contribution < 1.29 is 9.66 Å². The lowest BCUT2D eigenvalue weighted by Gasteiger charge is -2.08. The second-order valence-corrected chi connectivity index (χ2v) is 3.91. The maximum atomic E-state index is 10.7. The van der Waals surface area contributed by atoms with Crippen molar-refractivity contribution in [3.05, 3.63) is 34.6 Å². The van der Waals surface area contributed by atoms with Gasteiger partial charge in [-0.05, 0) is 13.0 Å². The lowest BCUT2D eigenvalue weighted by molar-refractivity contribution is -0.384. The molecule has 0 amide bonds. The van der Waals surface area contributed by atoms with E-state index in [1.165, 1.54) is 18.5 Å². The van der Waals surface area contributed by atoms with Crippen LogP contribution in [0.1, 0.15) is 6.92 Å². The molecule has 1 heterocycles. The fourth-order valence-corrected chi connectivity index (χ4v) is 1.47. The number of alkyl halides is 1. The van der Waals surface area contributed by atoms with E-state index in [-0.39, 0.29) is 11.6 Å². The Hall–Kier alpha value is -1.95. The van der Waals surface area contributed by atoms with E-state index in [0.717, 1.165) is 0 Å². The summed E-state index contributed by atoms with van der Waals surface area (Å²) in [5.74, 6) is 0.237. The molecule has 0 N–H and O–H groups in total. The van der Waals surface area contributed by atoms with Gasteiger partial charge in [0.1, 0.15) is 6.33 Å². The fourth-order valence-electron chi connectivity index (χ4n) is 1.38. The third kappa shape index (κ3) is 2.42. The third-order valence-electron chi connectivity index (χ3n) is 2.07. The van der Waals surface area contributed by atoms with Crippen LogP contribution in [-0.4, -0.2) is 20.5 Å². The number of nitro groups is 1. The van der Waals surface area contributed by atoms with Gasteiger partial charge in [-0.25, -0.2) is 9.97 Å². The minimum Gasteiger partial charge on any atom is -0.458 e. The van der Waals surface area contributed by atoms with Crippen LogP contribution in [0.25, 0.3) is 10.9 Å². The van der Waals surface area contributed by atoms with Gasteiger partial charge in [0.2, 0.25) is 5.88 Å². The molecule has 7 heteroatoms. The molecule has 2 aromatic rings. The van der Waals surface area contributed by atoms with Crippen LogP contribution in [0.2, 0.25) is 0 Å². The van der Waals surface area contributed by atoms with Crippen LogP contribution in [0.3, 0.4) is 0 Å². The van der Waals surface area contributed by atoms with Crippen molar-refractivity contribution in [1.82, 2.24) is 9.97 Å². The predicted octanol–water partition coefficient (Wildman–Crippen LogP) is 2.50. The van der Waals surface area contributed by atoms with Gasteiger partial charge in [0, 0.05) is 12.1 Å². The van der Waals surface area contributed by atoms with E-state index in [4.69, 9.17) is 16.3 Å². The number of aromatic nitrogens is 2. The smallest absolute Gasteiger partial charge is 0.270 e. The van der Waals surface area contributed by atoms with Crippen molar-refractivity contribution in [2.75, 3.05) is 0 Å². The standard InChI is InChI=1S/C10H8ClN3O3/c1-6(11)17-10-8-4-7(14(15)16)2-3-9(8)12-5-13-10/h2-6H,1H3. The SMILES string of the molecule is CC(Cl)Oc1ncnc2ccc([N+](=O)[O-])cc12. The van der Waals surface area contributed by atoms with Crippen LogP contribution in [-0.2, 0) is 0 Å². The number of nitro benzene ring substituents is 1. The zero-order valence-electron chi connectivity index (χ0n) is 8.83. The summed E-state index contributed by atoms with van der Waals surface area (Å²) in [6, 6.07) is 4.29. The summed E-state index contributed by atoms with van der Waals surface area (Å²) in [4.78, 5) is 18.1. The highest BCUT2D eigenvalue weighted by atomic mass is 35.5. The van der Waals surface area contributed by atoms with Gasteiger partial charge in [0.05, 0.1) is 15.8 Å². The van der Waals surface area contributed by atoms with Crippen molar-refractivity contribution in [1.29, 1.82) is 0 Å². The van der Waals surface area contributed by atoms with Crippen LogP contribution in [0.4, 0.5) is 5.69 Å². The molecule has 0 saturated heterocycles. The summed E-state index contributed by atoms with van der Waals surface area (Å²) in [5.41, 5.74) is -0.0512. The van der Waals surface area contributed by atoms with Gasteiger partial charge in [0.25, 0.3) is 5.69 Å². The van der Waals surface area contributed by atoms with Crippen LogP contribution >= 0.6 is 11.6 Å². The van der Waals surface area contributed by atoms with E-state index in [9.17, 15) is 10.1 Å². The zero-order chi connectivity index (χ0) is 12.4. The number of fused-ring (bicyclic) bond motifs is 1. The maximum Gasteiger partial charge on any atom is 0.270 e. The van der Waals surface area contributed by atoms with Crippen LogP contribution in [0.5, 0.6) is 5.88 Å². The first-order valence-electron chi connectivity index (χ1n) is 4.78. The maximum absolute atomic E-state index is 10.7. The number of rotatable bonds is 3. The van der Waals surface area contributed by atoms with E-state index in [1.807, 2.05) is 0 Å². The second-order valence-electron chi connectivity index (χ2n) is 3.30. The molecular weight excluding hydrogens is 246 g/mol. The van der Waals surface area contributed by atoms with Gasteiger partial charge in [0.15, 0.2) is 5.56 Å². The molecule has 0 saturated carbocycles. The first kappa shape index (κ1) is 11.5. The molecule has 0 radical (unpaired) electrons. The van der Waals surface area contributed by atoms with E-state index in [0.29, 0.717) is 10.9 Å². The van der Waals surface area contributed by atoms with Crippen molar-refractivity contribution in [2.45, 2.75) is 12.5 Å². The Morgan fingerprint density at radius 2 is 2.24 bits per heavy atom. The molecule has 0 fully saturated rings. The number of halogens is 1. The molecule has 1 atom stereocenters. The van der Waals surface area contributed by atoms with Crippen molar-refractivity contribution >= 4 is 28.2 Å². The van der Waals surface area contributed by atoms with Crippen molar-refractivity contribution in [3.63, 3.8) is 0 Å². The summed E-state index contributed by atoms with van der Waals surface area (Å²) in [5, 5.41) is 11.1. The zero-order valence-corrected chi connectivity index (χ0v) is 9.59. The molecule has 0 bridgehead atoms. The molecule has 0 spiro atoms. The molecule has 17 heavy (non-hydrogen) atoms. The normalized spacial score (nSPS) is 12.4. The van der Waals surface area contributed by atoms with E-state index in [1.54, 1.807) is 13.0 Å². The van der Waals surface area contributed by atoms with Gasteiger partial charge < -0.3 is 4.74 Å². The summed E-state index contributed by atoms with van der Waals surface area (Å²) >= 11 is 5.70. The lowest BCUT2D eigenvalue weighted by atomic mass is 10.2. The predicted molar refractivity (Wildman–Crippen MR) is 62.1 cm³/mol. The van der Waals surface area contributed by atoms with Crippen LogP contribution < -0.4 is 4.74 Å². The molecule has 0 aliphatic heterocycles. The molecule has 88 valence electrons. The topological polar surface area (TPSA) is 78.2 Å².